The van der Waals surface area contributed by atoms with Crippen molar-refractivity contribution in [2.24, 2.45) is 0 Å². The number of halogens is 12. The SMILES string of the molecule is FC(F)(F)c1cc(C(F)(F)F)[n-]n1.FC(F)(F)c1cc(C(F)(F)F)[n-]n1.[Cu+].[Cu+].[Ir].[Ir].[Ir].[Ir].[c-]1ccccc1-c1ccccn1.[c-]1ccccc1-c1ccccn1.[c-]1ccccc1-c1ccccn1.[c-]1ccccc1-c1ccccn1.c1ccc(-c2nc3ccccc3[n-]2)nc1.c1ccc(-c2nc3ccccc3[n-]2)nc1.c1ccc(-c2nc3ccccc3[n-]2)nc1.c1ccc(-c2nc3ccccc3[n-]2)nc1. The number of hydrogen-bond donors (Lipinski definition) is 0. The second-order valence-electron chi connectivity index (χ2n) is 27.2. The molecule has 22 aromatic rings. The Morgan fingerprint density at radius 1 is 0.207 bits per heavy atom. The number of pyridine rings is 8. The topological polar surface area (TPSA) is 265 Å². The molecule has 4 radical (unpaired) electrons. The molecular formula is C102H66Cu2F12Ir4N20-8. The van der Waals surface area contributed by atoms with Crippen LogP contribution in [-0.2, 0) is 139 Å². The zero-order valence-corrected chi connectivity index (χ0v) is 83.0. The molecule has 0 amide bonds. The molecular weight excluding hydrogens is 2630 g/mol. The number of imidazole rings is 4. The third-order valence-corrected chi connectivity index (χ3v) is 17.8. The zero-order valence-electron chi connectivity index (χ0n) is 71.5. The molecule has 0 bridgehead atoms. The van der Waals surface area contributed by atoms with E-state index in [1.54, 1.807) is 49.6 Å². The van der Waals surface area contributed by atoms with Crippen LogP contribution < -0.4 is 30.1 Å². The van der Waals surface area contributed by atoms with Crippen LogP contribution in [0.5, 0.6) is 0 Å². The summed E-state index contributed by atoms with van der Waals surface area (Å²) >= 11 is 0. The Kier molecular flexibility index (Phi) is 45.9. The maximum absolute atomic E-state index is 11.7. The van der Waals surface area contributed by atoms with Gasteiger partial charge in [-0.1, -0.05) is 170 Å². The molecule has 38 heteroatoms. The maximum atomic E-state index is 11.7. The van der Waals surface area contributed by atoms with Crippen LogP contribution in [0.1, 0.15) is 22.8 Å². The van der Waals surface area contributed by atoms with Gasteiger partial charge in [0.1, 0.15) is 11.4 Å². The summed E-state index contributed by atoms with van der Waals surface area (Å²) in [6, 6.07) is 121. The molecule has 0 saturated heterocycles. The van der Waals surface area contributed by atoms with Crippen LogP contribution in [0, 0.1) is 24.3 Å². The predicted octanol–water partition coefficient (Wildman–Crippen LogP) is 23.3. The first-order valence-corrected chi connectivity index (χ1v) is 40.1. The van der Waals surface area contributed by atoms with Gasteiger partial charge in [-0.05, 0) is 187 Å². The molecule has 14 aromatic heterocycles. The van der Waals surface area contributed by atoms with E-state index in [1.807, 2.05) is 340 Å². The van der Waals surface area contributed by atoms with Gasteiger partial charge in [0.15, 0.2) is 0 Å². The molecule has 20 nitrogen and oxygen atoms in total. The first-order valence-electron chi connectivity index (χ1n) is 40.1. The van der Waals surface area contributed by atoms with Crippen molar-refractivity contribution in [2.45, 2.75) is 24.7 Å². The van der Waals surface area contributed by atoms with Gasteiger partial charge in [0.2, 0.25) is 0 Å². The number of para-hydroxylation sites is 8. The van der Waals surface area contributed by atoms with Crippen LogP contribution in [-0.4, -0.2) is 70.0 Å². The average Bonchev–Trinajstić information content (AvgIpc) is 1.73. The van der Waals surface area contributed by atoms with E-state index < -0.39 is 47.5 Å². The number of nitrogens with zero attached hydrogens (tertiary/aromatic N) is 20. The predicted molar refractivity (Wildman–Crippen MR) is 482 cm³/mol. The minimum Gasteiger partial charge on any atom is -0.571 e. The van der Waals surface area contributed by atoms with Crippen LogP contribution in [0.4, 0.5) is 52.7 Å². The molecule has 8 aromatic carbocycles. The van der Waals surface area contributed by atoms with Crippen molar-refractivity contribution in [1.82, 2.24) is 100 Å². The van der Waals surface area contributed by atoms with Gasteiger partial charge in [0.25, 0.3) is 0 Å². The smallest absolute Gasteiger partial charge is 0.571 e. The summed E-state index contributed by atoms with van der Waals surface area (Å²) in [4.78, 5) is 69.0. The summed E-state index contributed by atoms with van der Waals surface area (Å²) in [5.74, 6) is 2.77. The van der Waals surface area contributed by atoms with Crippen molar-refractivity contribution in [3.63, 3.8) is 0 Å². The van der Waals surface area contributed by atoms with Crippen molar-refractivity contribution in [1.29, 1.82) is 0 Å². The number of hydrogen-bond acceptors (Lipinski definition) is 14. The molecule has 0 aliphatic heterocycles. The Bertz CT molecular complexity index is 6060. The number of aromatic nitrogens is 20. The molecule has 0 saturated carbocycles. The van der Waals surface area contributed by atoms with E-state index in [1.165, 1.54) is 0 Å². The summed E-state index contributed by atoms with van der Waals surface area (Å²) in [7, 11) is 0. The monoisotopic (exact) mass is 2700 g/mol. The molecule has 0 atom stereocenters. The summed E-state index contributed by atoms with van der Waals surface area (Å²) in [5.41, 5.74) is 12.1. The van der Waals surface area contributed by atoms with Gasteiger partial charge in [0.05, 0.1) is 22.8 Å². The van der Waals surface area contributed by atoms with Crippen LogP contribution in [0.25, 0.3) is 135 Å². The zero-order chi connectivity index (χ0) is 93.8. The first-order chi connectivity index (χ1) is 65.0. The van der Waals surface area contributed by atoms with Crippen LogP contribution in [0.3, 0.4) is 0 Å². The Labute approximate surface area is 868 Å². The van der Waals surface area contributed by atoms with Crippen molar-refractivity contribution in [3.8, 4) is 91.1 Å². The fourth-order valence-electron chi connectivity index (χ4n) is 11.5. The summed E-state index contributed by atoms with van der Waals surface area (Å²) in [6.45, 7) is 0. The van der Waals surface area contributed by atoms with Gasteiger partial charge in [-0.3, -0.25) is 19.9 Å². The van der Waals surface area contributed by atoms with Gasteiger partial charge < -0.3 is 80.2 Å². The third kappa shape index (κ3) is 34.9. The van der Waals surface area contributed by atoms with Crippen LogP contribution in [0.15, 0.2) is 401 Å². The van der Waals surface area contributed by atoms with Gasteiger partial charge in [0, 0.05) is 130 Å². The van der Waals surface area contributed by atoms with Crippen molar-refractivity contribution in [3.05, 3.63) is 448 Å². The number of fused-ring (bicyclic) bond motifs is 4. The molecule has 140 heavy (non-hydrogen) atoms. The van der Waals surface area contributed by atoms with Crippen molar-refractivity contribution < 1.29 is 167 Å². The van der Waals surface area contributed by atoms with Crippen LogP contribution >= 0.6 is 0 Å². The van der Waals surface area contributed by atoms with Crippen molar-refractivity contribution in [2.75, 3.05) is 0 Å². The standard InChI is InChI=1S/4C12H8N3.4C11H8N.2C5HF6N2.2Cu.4Ir/c4*1-2-6-10-9(5-1)14-12(15-10)11-7-3-4-8-13-11;4*1-2-6-10(7-3-1)11-8-4-5-9-12-11;2*6-4(7,8)2-1-3(13-12-2)5(9,10)11;;;;;;/h4*1-8H;4*1-6,8-9H;2*1H;;;;;;/q10*-1;2*+1;;;;. The molecule has 0 aliphatic carbocycles. The minimum atomic E-state index is -4.89. The van der Waals surface area contributed by atoms with E-state index in [-0.39, 0.29) is 127 Å². The van der Waals surface area contributed by atoms with Gasteiger partial charge >= 0.3 is 58.8 Å². The van der Waals surface area contributed by atoms with Gasteiger partial charge in [-0.2, -0.15) is 52.7 Å². The molecule has 0 N–H and O–H groups in total. The summed E-state index contributed by atoms with van der Waals surface area (Å²) < 4.78 is 141. The summed E-state index contributed by atoms with van der Waals surface area (Å²) in [5, 5.41) is 9.44. The number of rotatable bonds is 8. The van der Waals surface area contributed by atoms with E-state index in [2.05, 4.69) is 124 Å². The Morgan fingerprint density at radius 3 is 0.543 bits per heavy atom. The Hall–Kier alpha value is -13.9. The molecule has 724 valence electrons. The largest absolute Gasteiger partial charge is 1.00 e. The van der Waals surface area contributed by atoms with E-state index in [9.17, 15) is 52.7 Å². The summed E-state index contributed by atoms with van der Waals surface area (Å²) in [6.07, 6.45) is -5.43. The third-order valence-electron chi connectivity index (χ3n) is 17.8. The van der Waals surface area contributed by atoms with E-state index in [4.69, 9.17) is 0 Å². The normalized spacial score (nSPS) is 10.4. The molecule has 22 rings (SSSR count). The van der Waals surface area contributed by atoms with Crippen molar-refractivity contribution >= 4 is 44.1 Å². The fourth-order valence-corrected chi connectivity index (χ4v) is 11.5. The van der Waals surface area contributed by atoms with E-state index in [0.717, 1.165) is 112 Å². The maximum Gasteiger partial charge on any atom is 1.00 e. The second-order valence-corrected chi connectivity index (χ2v) is 27.2. The van der Waals surface area contributed by atoms with E-state index in [0.29, 0.717) is 23.3 Å². The molecule has 14 heterocycles. The molecule has 0 aliphatic rings. The first kappa shape index (κ1) is 113. The number of alkyl halides is 12. The minimum absolute atomic E-state index is 0. The Balaban J connectivity index is 0.000000211. The molecule has 0 fully saturated rings. The van der Waals surface area contributed by atoms with E-state index >= 15 is 0 Å². The van der Waals surface area contributed by atoms with Gasteiger partial charge in [-0.25, -0.2) is 0 Å². The fraction of sp³-hybridized carbons (Fsp3) is 0.0392. The van der Waals surface area contributed by atoms with Gasteiger partial charge in [-0.15, -0.1) is 144 Å². The Morgan fingerprint density at radius 2 is 0.393 bits per heavy atom. The molecule has 0 spiro atoms. The molecule has 0 unspecified atom stereocenters. The number of benzene rings is 8. The van der Waals surface area contributed by atoms with Crippen LogP contribution in [0.2, 0.25) is 0 Å². The average molecular weight is 2700 g/mol. The second kappa shape index (κ2) is 56.8. The quantitative estimate of drug-likeness (QED) is 0.0777.